The minimum atomic E-state index is -0.632. The minimum absolute atomic E-state index is 0.133. The zero-order chi connectivity index (χ0) is 15.6. The third kappa shape index (κ3) is 3.04. The molecular formula is C13H15N5O3. The molecule has 0 bridgehead atoms. The molecule has 1 heterocycles. The number of aromatic amines is 1. The van der Waals surface area contributed by atoms with Crippen molar-refractivity contribution < 1.29 is 14.7 Å². The normalized spacial score (nSPS) is 10.7. The Morgan fingerprint density at radius 2 is 2.05 bits per heavy atom. The van der Waals surface area contributed by atoms with Crippen molar-refractivity contribution in [1.82, 2.24) is 20.6 Å². The molecule has 0 fully saturated rings. The molecular weight excluding hydrogens is 274 g/mol. The summed E-state index contributed by atoms with van der Waals surface area (Å²) < 4.78 is 0. The monoisotopic (exact) mass is 289 g/mol. The number of phenolic OH excluding ortho intramolecular Hbond substituents is 1. The minimum Gasteiger partial charge on any atom is -0.505 e. The van der Waals surface area contributed by atoms with E-state index in [4.69, 9.17) is 0 Å². The van der Waals surface area contributed by atoms with E-state index in [2.05, 4.69) is 25.9 Å². The molecule has 0 aliphatic rings. The summed E-state index contributed by atoms with van der Waals surface area (Å²) in [4.78, 5) is 23.9. The van der Waals surface area contributed by atoms with Crippen LogP contribution in [0.25, 0.3) is 0 Å². The van der Waals surface area contributed by atoms with Crippen LogP contribution in [0.3, 0.4) is 0 Å². The Balaban J connectivity index is 2.36. The van der Waals surface area contributed by atoms with Crippen LogP contribution in [0.2, 0.25) is 0 Å². The molecule has 0 aliphatic carbocycles. The fourth-order valence-electron chi connectivity index (χ4n) is 1.81. The number of anilines is 1. The molecule has 0 unspecified atom stereocenters. The number of nitrogens with one attached hydrogen (secondary N) is 2. The van der Waals surface area contributed by atoms with Crippen molar-refractivity contribution in [3.8, 4) is 5.75 Å². The molecule has 0 saturated carbocycles. The van der Waals surface area contributed by atoms with Crippen LogP contribution < -0.4 is 5.32 Å². The van der Waals surface area contributed by atoms with Crippen LogP contribution in [0.5, 0.6) is 5.75 Å². The van der Waals surface area contributed by atoms with Crippen LogP contribution in [-0.2, 0) is 0 Å². The molecule has 1 amide bonds. The number of Topliss-reactive ketones (excluding diaryl/α,β-unsaturated/α-hetero) is 1. The number of aromatic hydroxyl groups is 1. The molecule has 21 heavy (non-hydrogen) atoms. The Kier molecular flexibility index (Phi) is 3.97. The maximum atomic E-state index is 12.1. The van der Waals surface area contributed by atoms with E-state index >= 15 is 0 Å². The SMILES string of the molecule is Cc1cc(NC(=O)c2nn[nH]n2)c(O)c(C(=O)C(C)C)c1. The molecule has 0 aliphatic heterocycles. The van der Waals surface area contributed by atoms with Gasteiger partial charge in [0.25, 0.3) is 11.7 Å². The number of tetrazole rings is 1. The molecule has 3 N–H and O–H groups in total. The van der Waals surface area contributed by atoms with Gasteiger partial charge in [-0.2, -0.15) is 5.21 Å². The number of phenols is 1. The Morgan fingerprint density at radius 3 is 2.62 bits per heavy atom. The maximum Gasteiger partial charge on any atom is 0.297 e. The maximum absolute atomic E-state index is 12.1. The summed E-state index contributed by atoms with van der Waals surface area (Å²) in [5, 5.41) is 25.2. The number of amides is 1. The number of aromatic nitrogens is 4. The zero-order valence-corrected chi connectivity index (χ0v) is 11.8. The number of carbonyl (C=O) groups is 2. The van der Waals surface area contributed by atoms with Crippen molar-refractivity contribution in [1.29, 1.82) is 0 Å². The second-order valence-electron chi connectivity index (χ2n) is 4.92. The molecule has 1 aromatic carbocycles. The molecule has 8 heteroatoms. The Morgan fingerprint density at radius 1 is 1.33 bits per heavy atom. The van der Waals surface area contributed by atoms with Crippen LogP contribution in [0.4, 0.5) is 5.69 Å². The summed E-state index contributed by atoms with van der Waals surface area (Å²) in [7, 11) is 0. The van der Waals surface area contributed by atoms with Crippen molar-refractivity contribution in [2.75, 3.05) is 5.32 Å². The highest BCUT2D eigenvalue weighted by Crippen LogP contribution is 2.31. The Labute approximate surface area is 120 Å². The number of rotatable bonds is 4. The highest BCUT2D eigenvalue weighted by Gasteiger charge is 2.20. The van der Waals surface area contributed by atoms with Gasteiger partial charge < -0.3 is 10.4 Å². The third-order valence-electron chi connectivity index (χ3n) is 2.84. The van der Waals surface area contributed by atoms with Crippen molar-refractivity contribution in [2.24, 2.45) is 5.92 Å². The molecule has 0 radical (unpaired) electrons. The molecule has 1 aromatic heterocycles. The highest BCUT2D eigenvalue weighted by molar-refractivity contribution is 6.06. The van der Waals surface area contributed by atoms with Gasteiger partial charge in [0.2, 0.25) is 0 Å². The number of nitrogens with zero attached hydrogens (tertiary/aromatic N) is 3. The lowest BCUT2D eigenvalue weighted by molar-refractivity contribution is 0.0935. The first kappa shape index (κ1) is 14.6. The Bertz CT molecular complexity index is 679. The average molecular weight is 289 g/mol. The number of H-pyrrole nitrogens is 1. The number of benzene rings is 1. The molecule has 0 spiro atoms. The first-order chi connectivity index (χ1) is 9.90. The molecule has 2 rings (SSSR count). The summed E-state index contributed by atoms with van der Waals surface area (Å²) in [5.74, 6) is -1.53. The average Bonchev–Trinajstić information content (AvgIpc) is 2.95. The summed E-state index contributed by atoms with van der Waals surface area (Å²) in [6, 6.07) is 3.14. The van der Waals surface area contributed by atoms with Crippen LogP contribution >= 0.6 is 0 Å². The van der Waals surface area contributed by atoms with Crippen molar-refractivity contribution in [3.63, 3.8) is 0 Å². The topological polar surface area (TPSA) is 121 Å². The van der Waals surface area contributed by atoms with Gasteiger partial charge in [-0.3, -0.25) is 9.59 Å². The zero-order valence-electron chi connectivity index (χ0n) is 11.8. The number of hydrogen-bond acceptors (Lipinski definition) is 6. The molecule has 8 nitrogen and oxygen atoms in total. The van der Waals surface area contributed by atoms with E-state index in [-0.39, 0.29) is 34.5 Å². The number of ketones is 1. The van der Waals surface area contributed by atoms with E-state index < -0.39 is 5.91 Å². The fourth-order valence-corrected chi connectivity index (χ4v) is 1.81. The van der Waals surface area contributed by atoms with Gasteiger partial charge >= 0.3 is 0 Å². The van der Waals surface area contributed by atoms with Gasteiger partial charge in [0.05, 0.1) is 11.3 Å². The van der Waals surface area contributed by atoms with Gasteiger partial charge in [0, 0.05) is 5.92 Å². The van der Waals surface area contributed by atoms with Gasteiger partial charge in [-0.25, -0.2) is 0 Å². The molecule has 0 atom stereocenters. The summed E-state index contributed by atoms with van der Waals surface area (Å²) in [6.45, 7) is 5.24. The molecule has 0 saturated heterocycles. The predicted molar refractivity (Wildman–Crippen MR) is 74.1 cm³/mol. The van der Waals surface area contributed by atoms with Crippen LogP contribution in [-0.4, -0.2) is 37.4 Å². The molecule has 110 valence electrons. The summed E-state index contributed by atoms with van der Waals surface area (Å²) >= 11 is 0. The molecule has 2 aromatic rings. The number of aryl methyl sites for hydroxylation is 1. The first-order valence-corrected chi connectivity index (χ1v) is 6.32. The predicted octanol–water partition coefficient (Wildman–Crippen LogP) is 1.30. The quantitative estimate of drug-likeness (QED) is 0.576. The second-order valence-corrected chi connectivity index (χ2v) is 4.92. The van der Waals surface area contributed by atoms with Crippen LogP contribution in [0.1, 0.15) is 40.4 Å². The fraction of sp³-hybridized carbons (Fsp3) is 0.308. The van der Waals surface area contributed by atoms with Crippen LogP contribution in [0, 0.1) is 12.8 Å². The van der Waals surface area contributed by atoms with E-state index in [9.17, 15) is 14.7 Å². The van der Waals surface area contributed by atoms with E-state index in [1.807, 2.05) is 0 Å². The largest absolute Gasteiger partial charge is 0.505 e. The van der Waals surface area contributed by atoms with Gasteiger partial charge in [-0.05, 0) is 29.8 Å². The standard InChI is InChI=1S/C13H15N5O3/c1-6(2)10(19)8-4-7(3)5-9(11(8)20)14-13(21)12-15-17-18-16-12/h4-6,20H,1-3H3,(H,14,21)(H,15,16,17,18). The van der Waals surface area contributed by atoms with E-state index in [0.717, 1.165) is 5.56 Å². The highest BCUT2D eigenvalue weighted by atomic mass is 16.3. The second kappa shape index (κ2) is 5.70. The van der Waals surface area contributed by atoms with Crippen molar-refractivity contribution in [2.45, 2.75) is 20.8 Å². The lowest BCUT2D eigenvalue weighted by Gasteiger charge is -2.12. The third-order valence-corrected chi connectivity index (χ3v) is 2.84. The van der Waals surface area contributed by atoms with E-state index in [1.54, 1.807) is 32.9 Å². The van der Waals surface area contributed by atoms with Gasteiger partial charge in [0.1, 0.15) is 5.75 Å². The van der Waals surface area contributed by atoms with Gasteiger partial charge in [0.15, 0.2) is 5.78 Å². The van der Waals surface area contributed by atoms with E-state index in [1.165, 1.54) is 0 Å². The lowest BCUT2D eigenvalue weighted by Crippen LogP contribution is -2.15. The van der Waals surface area contributed by atoms with Crippen molar-refractivity contribution in [3.05, 3.63) is 29.1 Å². The van der Waals surface area contributed by atoms with Gasteiger partial charge in [-0.15, -0.1) is 10.2 Å². The Hall–Kier alpha value is -2.77. The van der Waals surface area contributed by atoms with E-state index in [0.29, 0.717) is 0 Å². The van der Waals surface area contributed by atoms with Gasteiger partial charge in [-0.1, -0.05) is 13.8 Å². The lowest BCUT2D eigenvalue weighted by atomic mass is 9.97. The van der Waals surface area contributed by atoms with Crippen molar-refractivity contribution >= 4 is 17.4 Å². The summed E-state index contributed by atoms with van der Waals surface area (Å²) in [5.41, 5.74) is 1.04. The first-order valence-electron chi connectivity index (χ1n) is 6.32. The number of hydrogen-bond donors (Lipinski definition) is 3. The van der Waals surface area contributed by atoms with Crippen LogP contribution in [0.15, 0.2) is 12.1 Å². The smallest absolute Gasteiger partial charge is 0.297 e. The summed E-state index contributed by atoms with van der Waals surface area (Å²) in [6.07, 6.45) is 0. The number of carbonyl (C=O) groups excluding carboxylic acids is 2.